The lowest BCUT2D eigenvalue weighted by Gasteiger charge is -2.34. The molecule has 1 atom stereocenters. The third-order valence-electron chi connectivity index (χ3n) is 3.15. The van der Waals surface area contributed by atoms with Gasteiger partial charge in [0.25, 0.3) is 0 Å². The molecule has 2 aliphatic rings. The largest absolute Gasteiger partial charge is 0.381 e. The third kappa shape index (κ3) is 1.42. The van der Waals surface area contributed by atoms with Crippen LogP contribution in [0.2, 0.25) is 0 Å². The van der Waals surface area contributed by atoms with E-state index in [1.54, 1.807) is 0 Å². The summed E-state index contributed by atoms with van der Waals surface area (Å²) in [5.41, 5.74) is 6.10. The summed E-state index contributed by atoms with van der Waals surface area (Å²) in [7, 11) is 0. The first-order chi connectivity index (χ1) is 5.38. The summed E-state index contributed by atoms with van der Waals surface area (Å²) in [5.74, 6) is 1.49. The first-order valence-corrected chi connectivity index (χ1v) is 4.71. The van der Waals surface area contributed by atoms with Crippen LogP contribution in [0.3, 0.4) is 0 Å². The molecule has 0 aromatic rings. The molecule has 2 rings (SSSR count). The van der Waals surface area contributed by atoms with Crippen molar-refractivity contribution < 1.29 is 4.74 Å². The molecule has 1 heterocycles. The summed E-state index contributed by atoms with van der Waals surface area (Å²) in [6.45, 7) is 1.83. The van der Waals surface area contributed by atoms with Crippen LogP contribution in [0, 0.1) is 11.8 Å². The Bertz CT molecular complexity index is 128. The molecule has 2 heteroatoms. The Morgan fingerprint density at radius 1 is 1.09 bits per heavy atom. The first-order valence-electron chi connectivity index (χ1n) is 4.71. The topological polar surface area (TPSA) is 35.2 Å². The van der Waals surface area contributed by atoms with E-state index >= 15 is 0 Å². The number of ether oxygens (including phenoxy) is 1. The van der Waals surface area contributed by atoms with Crippen LogP contribution >= 0.6 is 0 Å². The van der Waals surface area contributed by atoms with E-state index in [4.69, 9.17) is 10.5 Å². The van der Waals surface area contributed by atoms with Gasteiger partial charge in [0.2, 0.25) is 0 Å². The van der Waals surface area contributed by atoms with Crippen LogP contribution < -0.4 is 5.73 Å². The van der Waals surface area contributed by atoms with Crippen LogP contribution in [0.5, 0.6) is 0 Å². The molecular weight excluding hydrogens is 138 g/mol. The molecule has 1 saturated heterocycles. The van der Waals surface area contributed by atoms with Crippen LogP contribution in [0.15, 0.2) is 0 Å². The Hall–Kier alpha value is -0.0800. The zero-order chi connectivity index (χ0) is 7.68. The standard InChI is InChI=1S/C9H17NO/c10-9(8-5-11-6-8)7-3-1-2-4-7/h7-9H,1-6,10H2. The third-order valence-corrected chi connectivity index (χ3v) is 3.15. The lowest BCUT2D eigenvalue weighted by molar-refractivity contribution is -0.0519. The summed E-state index contributed by atoms with van der Waals surface area (Å²) in [6.07, 6.45) is 5.51. The summed E-state index contributed by atoms with van der Waals surface area (Å²) >= 11 is 0. The van der Waals surface area contributed by atoms with Crippen molar-refractivity contribution in [3.63, 3.8) is 0 Å². The molecule has 64 valence electrons. The van der Waals surface area contributed by atoms with Crippen molar-refractivity contribution in [3.05, 3.63) is 0 Å². The quantitative estimate of drug-likeness (QED) is 0.649. The molecule has 0 bridgehead atoms. The predicted molar refractivity (Wildman–Crippen MR) is 44.2 cm³/mol. The molecule has 0 amide bonds. The fraction of sp³-hybridized carbons (Fsp3) is 1.00. The zero-order valence-corrected chi connectivity index (χ0v) is 6.96. The molecule has 2 nitrogen and oxygen atoms in total. The Labute approximate surface area is 68.1 Å². The normalized spacial score (nSPS) is 30.3. The molecule has 0 radical (unpaired) electrons. The Morgan fingerprint density at radius 2 is 1.73 bits per heavy atom. The second-order valence-corrected chi connectivity index (χ2v) is 3.92. The fourth-order valence-electron chi connectivity index (χ4n) is 2.20. The van der Waals surface area contributed by atoms with Gasteiger partial charge in [-0.15, -0.1) is 0 Å². The van der Waals surface area contributed by atoms with Gasteiger partial charge in [-0.3, -0.25) is 0 Å². The van der Waals surface area contributed by atoms with Crippen molar-refractivity contribution in [2.75, 3.05) is 13.2 Å². The van der Waals surface area contributed by atoms with Crippen molar-refractivity contribution in [1.82, 2.24) is 0 Å². The highest BCUT2D eigenvalue weighted by molar-refractivity contribution is 4.86. The van der Waals surface area contributed by atoms with Gasteiger partial charge in [-0.1, -0.05) is 12.8 Å². The van der Waals surface area contributed by atoms with Gasteiger partial charge in [0.15, 0.2) is 0 Å². The summed E-state index contributed by atoms with van der Waals surface area (Å²) < 4.78 is 5.14. The number of hydrogen-bond donors (Lipinski definition) is 1. The molecule has 1 unspecified atom stereocenters. The second kappa shape index (κ2) is 3.11. The van der Waals surface area contributed by atoms with Crippen molar-refractivity contribution in [1.29, 1.82) is 0 Å². The van der Waals surface area contributed by atoms with Gasteiger partial charge in [-0.25, -0.2) is 0 Å². The Balaban J connectivity index is 1.82. The summed E-state index contributed by atoms with van der Waals surface area (Å²) in [5, 5.41) is 0. The SMILES string of the molecule is NC(C1CCCC1)C1COC1. The Morgan fingerprint density at radius 3 is 2.18 bits per heavy atom. The van der Waals surface area contributed by atoms with Gasteiger partial charge in [0.1, 0.15) is 0 Å². The molecule has 0 aromatic carbocycles. The first kappa shape index (κ1) is 7.56. The van der Waals surface area contributed by atoms with E-state index in [0.29, 0.717) is 12.0 Å². The van der Waals surface area contributed by atoms with E-state index in [1.807, 2.05) is 0 Å². The van der Waals surface area contributed by atoms with Crippen molar-refractivity contribution in [2.45, 2.75) is 31.7 Å². The molecule has 1 aliphatic carbocycles. The highest BCUT2D eigenvalue weighted by Crippen LogP contribution is 2.31. The summed E-state index contributed by atoms with van der Waals surface area (Å²) in [4.78, 5) is 0. The van der Waals surface area contributed by atoms with Crippen molar-refractivity contribution in [2.24, 2.45) is 17.6 Å². The second-order valence-electron chi connectivity index (χ2n) is 3.92. The molecule has 1 saturated carbocycles. The van der Waals surface area contributed by atoms with Gasteiger partial charge in [-0.05, 0) is 18.8 Å². The van der Waals surface area contributed by atoms with E-state index < -0.39 is 0 Å². The highest BCUT2D eigenvalue weighted by Gasteiger charge is 2.32. The maximum absolute atomic E-state index is 6.10. The van der Waals surface area contributed by atoms with E-state index in [-0.39, 0.29) is 0 Å². The number of nitrogens with two attached hydrogens (primary N) is 1. The van der Waals surface area contributed by atoms with Crippen LogP contribution in [-0.4, -0.2) is 19.3 Å². The van der Waals surface area contributed by atoms with Crippen molar-refractivity contribution >= 4 is 0 Å². The lowest BCUT2D eigenvalue weighted by Crippen LogP contribution is -2.46. The number of hydrogen-bond acceptors (Lipinski definition) is 2. The van der Waals surface area contributed by atoms with E-state index in [2.05, 4.69) is 0 Å². The lowest BCUT2D eigenvalue weighted by atomic mass is 9.87. The molecule has 2 N–H and O–H groups in total. The molecule has 0 spiro atoms. The predicted octanol–water partition coefficient (Wildman–Crippen LogP) is 1.15. The van der Waals surface area contributed by atoms with E-state index in [0.717, 1.165) is 19.1 Å². The van der Waals surface area contributed by atoms with Gasteiger partial charge in [0, 0.05) is 12.0 Å². The van der Waals surface area contributed by atoms with Crippen LogP contribution in [0.25, 0.3) is 0 Å². The van der Waals surface area contributed by atoms with Gasteiger partial charge in [0.05, 0.1) is 13.2 Å². The van der Waals surface area contributed by atoms with Gasteiger partial charge in [-0.2, -0.15) is 0 Å². The smallest absolute Gasteiger partial charge is 0.0531 e. The molecule has 1 aliphatic heterocycles. The molecule has 2 fully saturated rings. The van der Waals surface area contributed by atoms with Crippen LogP contribution in [0.1, 0.15) is 25.7 Å². The van der Waals surface area contributed by atoms with Gasteiger partial charge >= 0.3 is 0 Å². The maximum atomic E-state index is 6.10. The van der Waals surface area contributed by atoms with E-state index in [9.17, 15) is 0 Å². The monoisotopic (exact) mass is 155 g/mol. The molecule has 0 aromatic heterocycles. The minimum Gasteiger partial charge on any atom is -0.381 e. The van der Waals surface area contributed by atoms with Crippen molar-refractivity contribution in [3.8, 4) is 0 Å². The molecule has 11 heavy (non-hydrogen) atoms. The van der Waals surface area contributed by atoms with Crippen LogP contribution in [0.4, 0.5) is 0 Å². The highest BCUT2D eigenvalue weighted by atomic mass is 16.5. The van der Waals surface area contributed by atoms with Crippen LogP contribution in [-0.2, 0) is 4.74 Å². The maximum Gasteiger partial charge on any atom is 0.0531 e. The minimum atomic E-state index is 0.436. The summed E-state index contributed by atoms with van der Waals surface area (Å²) in [6, 6.07) is 0.436. The average Bonchev–Trinajstić information content (AvgIpc) is 2.32. The van der Waals surface area contributed by atoms with Gasteiger partial charge < -0.3 is 10.5 Å². The average molecular weight is 155 g/mol. The zero-order valence-electron chi connectivity index (χ0n) is 6.96. The fourth-order valence-corrected chi connectivity index (χ4v) is 2.20. The number of rotatable bonds is 2. The molecular formula is C9H17NO. The van der Waals surface area contributed by atoms with E-state index in [1.165, 1.54) is 25.7 Å². The minimum absolute atomic E-state index is 0.436. The Kier molecular flexibility index (Phi) is 2.14.